The van der Waals surface area contributed by atoms with Gasteiger partial charge in [0.15, 0.2) is 0 Å². The average molecular weight is 847 g/mol. The molecule has 66 heavy (non-hydrogen) atoms. The number of benzene rings is 12. The fraction of sp³-hybridized carbons (Fsp3) is 0.0968. The lowest BCUT2D eigenvalue weighted by Gasteiger charge is -2.35. The summed E-state index contributed by atoms with van der Waals surface area (Å²) in [6.45, 7) is 6.00. The Hall–Kier alpha value is -8.08. The van der Waals surface area contributed by atoms with Gasteiger partial charge in [0.25, 0.3) is 0 Å². The molecule has 0 saturated heterocycles. The molecule has 4 heteroatoms. The van der Waals surface area contributed by atoms with Gasteiger partial charge in [0.05, 0.1) is 11.8 Å². The van der Waals surface area contributed by atoms with Gasteiger partial charge >= 0.3 is 0 Å². The number of aromatic nitrogens is 2. The maximum Gasteiger partial charge on any atom is 0.116 e. The number of phenolic OH excluding ortho intramolecular Hbond substituents is 2. The number of aryl methyl sites for hydroxylation is 2. The molecule has 2 heterocycles. The van der Waals surface area contributed by atoms with Crippen molar-refractivity contribution in [2.75, 3.05) is 0 Å². The van der Waals surface area contributed by atoms with E-state index in [1.807, 2.05) is 24.3 Å². The Morgan fingerprint density at radius 2 is 0.682 bits per heavy atom. The largest absolute Gasteiger partial charge is 0.508 e. The molecule has 14 aromatic rings. The molecular formula is C62H42N2O2. The molecule has 4 nitrogen and oxygen atoms in total. The third kappa shape index (κ3) is 4.39. The summed E-state index contributed by atoms with van der Waals surface area (Å²) in [7, 11) is 0. The molecule has 0 saturated carbocycles. The second-order valence-electron chi connectivity index (χ2n) is 18.6. The van der Waals surface area contributed by atoms with Crippen LogP contribution < -0.4 is 0 Å². The molecule has 0 spiro atoms. The van der Waals surface area contributed by atoms with Gasteiger partial charge in [-0.05, 0) is 159 Å². The summed E-state index contributed by atoms with van der Waals surface area (Å²) in [6, 6.07) is 62.1. The lowest BCUT2D eigenvalue weighted by Crippen LogP contribution is -2.24. The number of phenols is 2. The molecule has 0 radical (unpaired) electrons. The van der Waals surface area contributed by atoms with Crippen LogP contribution in [0.1, 0.15) is 59.3 Å². The number of fused-ring (bicyclic) bond motifs is 10. The first-order valence-corrected chi connectivity index (χ1v) is 23.4. The van der Waals surface area contributed by atoms with Crippen LogP contribution in [-0.4, -0.2) is 19.3 Å². The van der Waals surface area contributed by atoms with Gasteiger partial charge in [0, 0.05) is 46.3 Å². The highest BCUT2D eigenvalue weighted by Crippen LogP contribution is 2.58. The van der Waals surface area contributed by atoms with E-state index < -0.39 is 0 Å². The van der Waals surface area contributed by atoms with Gasteiger partial charge in [-0.15, -0.1) is 0 Å². The number of aromatic hydroxyl groups is 2. The number of rotatable bonds is 4. The first-order valence-electron chi connectivity index (χ1n) is 23.4. The molecule has 0 bridgehead atoms. The van der Waals surface area contributed by atoms with Crippen molar-refractivity contribution < 1.29 is 10.2 Å². The Balaban J connectivity index is 1.13. The van der Waals surface area contributed by atoms with Gasteiger partial charge in [-0.25, -0.2) is 0 Å². The molecule has 1 aliphatic carbocycles. The van der Waals surface area contributed by atoms with Crippen LogP contribution >= 0.6 is 0 Å². The Morgan fingerprint density at radius 1 is 0.348 bits per heavy atom. The van der Waals surface area contributed by atoms with Crippen molar-refractivity contribution in [2.24, 2.45) is 0 Å². The topological polar surface area (TPSA) is 50.3 Å². The monoisotopic (exact) mass is 846 g/mol. The fourth-order valence-electron chi connectivity index (χ4n) is 13.4. The molecule has 15 rings (SSSR count). The molecule has 1 aliphatic rings. The zero-order valence-corrected chi connectivity index (χ0v) is 36.5. The van der Waals surface area contributed by atoms with E-state index in [4.69, 9.17) is 0 Å². The summed E-state index contributed by atoms with van der Waals surface area (Å²) in [4.78, 5) is 0. The van der Waals surface area contributed by atoms with Crippen molar-refractivity contribution >= 4 is 108 Å². The van der Waals surface area contributed by atoms with Crippen LogP contribution in [0.4, 0.5) is 0 Å². The van der Waals surface area contributed by atoms with Gasteiger partial charge in [0.1, 0.15) is 11.5 Å². The minimum atomic E-state index is -0.209. The lowest BCUT2D eigenvalue weighted by molar-refractivity contribution is 0.475. The molecule has 2 N–H and O–H groups in total. The second kappa shape index (κ2) is 12.8. The lowest BCUT2D eigenvalue weighted by atomic mass is 9.70. The van der Waals surface area contributed by atoms with E-state index in [2.05, 4.69) is 169 Å². The summed E-state index contributed by atoms with van der Waals surface area (Å²) >= 11 is 0. The predicted molar refractivity (Wildman–Crippen MR) is 276 cm³/mol. The standard InChI is InChI=1S/C62H42N2O2/c1-3-63-51-29-23-35(65)31-49(51)59-58(48-28-26-46-40-18-8-14-34-12-6-16-38(54(34)40)42-20-10-22-44(48)56(42)46)62-60(50-32-36(66)24-30-52(50)64(62)4-2)57(61(59)63)47-27-25-45-39-17-7-13-33-11-5-15-37(53(33)39)41-19-9-21-43(47)55(41)45/h5-32,57-58,65-66H,3-4H2,1-2H3. The Morgan fingerprint density at radius 3 is 1.06 bits per heavy atom. The van der Waals surface area contributed by atoms with Crippen LogP contribution in [0.25, 0.3) is 108 Å². The van der Waals surface area contributed by atoms with E-state index in [1.54, 1.807) is 0 Å². The van der Waals surface area contributed by atoms with Crippen LogP contribution in [0, 0.1) is 0 Å². The quantitative estimate of drug-likeness (QED) is 0.137. The smallest absolute Gasteiger partial charge is 0.116 e. The van der Waals surface area contributed by atoms with E-state index in [1.165, 1.54) is 120 Å². The summed E-state index contributed by atoms with van der Waals surface area (Å²) in [6.07, 6.45) is 0. The first kappa shape index (κ1) is 36.3. The Kier molecular flexibility index (Phi) is 7.04. The Labute approximate surface area is 379 Å². The van der Waals surface area contributed by atoms with Crippen molar-refractivity contribution in [1.82, 2.24) is 9.13 Å². The second-order valence-corrected chi connectivity index (χ2v) is 18.6. The molecule has 0 aliphatic heterocycles. The van der Waals surface area contributed by atoms with Crippen molar-refractivity contribution in [3.63, 3.8) is 0 Å². The number of nitrogens with zero attached hydrogens (tertiary/aromatic N) is 2. The third-order valence-corrected chi connectivity index (χ3v) is 15.8. The highest BCUT2D eigenvalue weighted by atomic mass is 16.3. The minimum absolute atomic E-state index is 0.209. The summed E-state index contributed by atoms with van der Waals surface area (Å²) in [5.74, 6) is 0.104. The number of hydrogen-bond acceptors (Lipinski definition) is 2. The van der Waals surface area contributed by atoms with Crippen molar-refractivity contribution in [3.8, 4) is 11.5 Å². The third-order valence-electron chi connectivity index (χ3n) is 15.8. The summed E-state index contributed by atoms with van der Waals surface area (Å²) in [5.41, 5.74) is 9.65. The highest BCUT2D eigenvalue weighted by Gasteiger charge is 2.44. The predicted octanol–water partition coefficient (Wildman–Crippen LogP) is 15.8. The molecule has 2 aromatic heterocycles. The van der Waals surface area contributed by atoms with E-state index >= 15 is 0 Å². The normalized spacial score (nSPS) is 15.4. The molecule has 2 atom stereocenters. The van der Waals surface area contributed by atoms with Crippen LogP contribution in [0.2, 0.25) is 0 Å². The minimum Gasteiger partial charge on any atom is -0.508 e. The van der Waals surface area contributed by atoms with Crippen LogP contribution in [-0.2, 0) is 13.1 Å². The van der Waals surface area contributed by atoms with E-state index in [-0.39, 0.29) is 23.3 Å². The summed E-state index contributed by atoms with van der Waals surface area (Å²) in [5, 5.41) is 45.4. The van der Waals surface area contributed by atoms with Crippen LogP contribution in [0.5, 0.6) is 11.5 Å². The molecule has 0 amide bonds. The average Bonchev–Trinajstić information content (AvgIpc) is 3.85. The molecule has 312 valence electrons. The fourth-order valence-corrected chi connectivity index (χ4v) is 13.4. The van der Waals surface area contributed by atoms with E-state index in [0.717, 1.165) is 34.9 Å². The maximum absolute atomic E-state index is 11.5. The van der Waals surface area contributed by atoms with Crippen molar-refractivity contribution in [2.45, 2.75) is 38.8 Å². The first-order chi connectivity index (χ1) is 32.5. The van der Waals surface area contributed by atoms with Gasteiger partial charge in [-0.2, -0.15) is 0 Å². The SMILES string of the molecule is CCn1c2c(c3cc(O)ccc31)C(c1ccc3c4cccc5cccc(c6cccc1c63)c54)c1c(c3cc(O)ccc3n1CC)C2c1ccc2c3cccc4cccc(c5cccc1c52)c43. The highest BCUT2D eigenvalue weighted by molar-refractivity contribution is 6.34. The zero-order valence-electron chi connectivity index (χ0n) is 36.5. The van der Waals surface area contributed by atoms with Crippen molar-refractivity contribution in [1.29, 1.82) is 0 Å². The van der Waals surface area contributed by atoms with E-state index in [0.29, 0.717) is 0 Å². The van der Waals surface area contributed by atoms with E-state index in [9.17, 15) is 10.2 Å². The van der Waals surface area contributed by atoms with Gasteiger partial charge in [-0.3, -0.25) is 0 Å². The van der Waals surface area contributed by atoms with Crippen LogP contribution in [0.15, 0.2) is 170 Å². The van der Waals surface area contributed by atoms with Gasteiger partial charge < -0.3 is 19.3 Å². The molecular weight excluding hydrogens is 805 g/mol. The van der Waals surface area contributed by atoms with Crippen LogP contribution in [0.3, 0.4) is 0 Å². The number of hydrogen-bond donors (Lipinski definition) is 2. The van der Waals surface area contributed by atoms with Crippen molar-refractivity contribution in [3.05, 3.63) is 203 Å². The van der Waals surface area contributed by atoms with Gasteiger partial charge in [0.2, 0.25) is 0 Å². The summed E-state index contributed by atoms with van der Waals surface area (Å²) < 4.78 is 5.05. The van der Waals surface area contributed by atoms with Gasteiger partial charge in [-0.1, -0.05) is 133 Å². The Bertz CT molecular complexity index is 4030. The molecule has 2 unspecified atom stereocenters. The molecule has 0 fully saturated rings. The molecule has 12 aromatic carbocycles. The zero-order chi connectivity index (χ0) is 43.7. The maximum atomic E-state index is 11.5.